The Bertz CT molecular complexity index is 538. The molecular formula is C18H25N3O. The molecule has 0 saturated carbocycles. The van der Waals surface area contributed by atoms with Gasteiger partial charge in [0.1, 0.15) is 11.6 Å². The standard InChI is InChI=1S/C18H25N3O/c1-4-5-6-15-7-9-17(10-8-15)20-13-16(11-19)18(22)21-12-14(2)3/h7-10,13-14,20H,4-6,12H2,1-3H3,(H,21,22)/b16-13-. The number of nitrogens with one attached hydrogen (secondary N) is 2. The number of hydrogen-bond acceptors (Lipinski definition) is 3. The second-order valence-electron chi connectivity index (χ2n) is 5.72. The molecule has 0 aromatic heterocycles. The van der Waals surface area contributed by atoms with Gasteiger partial charge in [0.2, 0.25) is 0 Å². The zero-order valence-electron chi connectivity index (χ0n) is 13.6. The van der Waals surface area contributed by atoms with E-state index in [0.717, 1.165) is 12.1 Å². The second-order valence-corrected chi connectivity index (χ2v) is 5.72. The molecule has 0 heterocycles. The molecule has 0 aliphatic heterocycles. The Labute approximate surface area is 133 Å². The summed E-state index contributed by atoms with van der Waals surface area (Å²) in [6, 6.07) is 9.98. The van der Waals surface area contributed by atoms with Crippen LogP contribution >= 0.6 is 0 Å². The zero-order chi connectivity index (χ0) is 16.4. The van der Waals surface area contributed by atoms with Crippen molar-refractivity contribution in [2.24, 2.45) is 5.92 Å². The van der Waals surface area contributed by atoms with Gasteiger partial charge in [-0.25, -0.2) is 0 Å². The minimum Gasteiger partial charge on any atom is -0.360 e. The van der Waals surface area contributed by atoms with Gasteiger partial charge in [-0.1, -0.05) is 39.3 Å². The lowest BCUT2D eigenvalue weighted by molar-refractivity contribution is -0.117. The predicted octanol–water partition coefficient (Wildman–Crippen LogP) is 3.62. The Morgan fingerprint density at radius 2 is 2.00 bits per heavy atom. The molecule has 22 heavy (non-hydrogen) atoms. The molecule has 1 amide bonds. The molecule has 0 saturated heterocycles. The molecule has 1 aromatic rings. The number of nitriles is 1. The van der Waals surface area contributed by atoms with E-state index in [1.165, 1.54) is 24.6 Å². The molecule has 0 fully saturated rings. The van der Waals surface area contributed by atoms with Crippen LogP contribution in [0.15, 0.2) is 36.0 Å². The first-order chi connectivity index (χ1) is 10.6. The van der Waals surface area contributed by atoms with Crippen LogP contribution in [0.2, 0.25) is 0 Å². The van der Waals surface area contributed by atoms with E-state index >= 15 is 0 Å². The van der Waals surface area contributed by atoms with Crippen molar-refractivity contribution in [1.29, 1.82) is 5.26 Å². The van der Waals surface area contributed by atoms with E-state index in [1.54, 1.807) is 0 Å². The molecule has 0 radical (unpaired) electrons. The van der Waals surface area contributed by atoms with Gasteiger partial charge in [-0.05, 0) is 36.5 Å². The monoisotopic (exact) mass is 299 g/mol. The average Bonchev–Trinajstić information content (AvgIpc) is 2.52. The summed E-state index contributed by atoms with van der Waals surface area (Å²) in [6.45, 7) is 6.75. The molecule has 4 nitrogen and oxygen atoms in total. The zero-order valence-corrected chi connectivity index (χ0v) is 13.6. The first kappa shape index (κ1) is 17.8. The van der Waals surface area contributed by atoms with Crippen LogP contribution in [0.4, 0.5) is 5.69 Å². The summed E-state index contributed by atoms with van der Waals surface area (Å²) in [5.74, 6) is 0.00998. The van der Waals surface area contributed by atoms with Crippen molar-refractivity contribution in [2.45, 2.75) is 40.0 Å². The first-order valence-corrected chi connectivity index (χ1v) is 7.80. The average molecular weight is 299 g/mol. The molecule has 0 bridgehead atoms. The summed E-state index contributed by atoms with van der Waals surface area (Å²) in [5, 5.41) is 14.8. The third kappa shape index (κ3) is 6.45. The quantitative estimate of drug-likeness (QED) is 0.569. The van der Waals surface area contributed by atoms with Crippen molar-refractivity contribution >= 4 is 11.6 Å². The summed E-state index contributed by atoms with van der Waals surface area (Å²) in [7, 11) is 0. The lowest BCUT2D eigenvalue weighted by Gasteiger charge is -2.07. The molecule has 0 atom stereocenters. The van der Waals surface area contributed by atoms with Crippen molar-refractivity contribution in [3.05, 3.63) is 41.6 Å². The molecule has 118 valence electrons. The Balaban J connectivity index is 2.60. The topological polar surface area (TPSA) is 64.9 Å². The Morgan fingerprint density at radius 3 is 2.55 bits per heavy atom. The summed E-state index contributed by atoms with van der Waals surface area (Å²) in [6.07, 6.45) is 4.89. The van der Waals surface area contributed by atoms with Gasteiger partial charge in [-0.3, -0.25) is 4.79 Å². The SMILES string of the molecule is CCCCc1ccc(N/C=C(/C#N)C(=O)NCC(C)C)cc1. The molecule has 2 N–H and O–H groups in total. The maximum atomic E-state index is 11.8. The summed E-state index contributed by atoms with van der Waals surface area (Å²) in [5.41, 5.74) is 2.24. The van der Waals surface area contributed by atoms with Crippen LogP contribution in [0.1, 0.15) is 39.2 Å². The van der Waals surface area contributed by atoms with Gasteiger partial charge >= 0.3 is 0 Å². The fraction of sp³-hybridized carbons (Fsp3) is 0.444. The van der Waals surface area contributed by atoms with Crippen molar-refractivity contribution in [1.82, 2.24) is 5.32 Å². The summed E-state index contributed by atoms with van der Waals surface area (Å²) < 4.78 is 0. The fourth-order valence-electron chi connectivity index (χ4n) is 1.84. The van der Waals surface area contributed by atoms with Crippen molar-refractivity contribution in [3.8, 4) is 6.07 Å². The highest BCUT2D eigenvalue weighted by Crippen LogP contribution is 2.12. The lowest BCUT2D eigenvalue weighted by atomic mass is 10.1. The van der Waals surface area contributed by atoms with E-state index in [1.807, 2.05) is 32.0 Å². The highest BCUT2D eigenvalue weighted by Gasteiger charge is 2.08. The van der Waals surface area contributed by atoms with Gasteiger partial charge in [0, 0.05) is 18.4 Å². The van der Waals surface area contributed by atoms with Gasteiger partial charge in [0.15, 0.2) is 0 Å². The van der Waals surface area contributed by atoms with Crippen LogP contribution in [-0.4, -0.2) is 12.5 Å². The highest BCUT2D eigenvalue weighted by molar-refractivity contribution is 5.97. The number of unbranched alkanes of at least 4 members (excludes halogenated alkanes) is 1. The van der Waals surface area contributed by atoms with Crippen LogP contribution in [0, 0.1) is 17.2 Å². The summed E-state index contributed by atoms with van der Waals surface area (Å²) in [4.78, 5) is 11.8. The van der Waals surface area contributed by atoms with Crippen LogP contribution < -0.4 is 10.6 Å². The molecule has 0 unspecified atom stereocenters. The number of rotatable bonds is 8. The van der Waals surface area contributed by atoms with Crippen molar-refractivity contribution < 1.29 is 4.79 Å². The number of hydrogen-bond donors (Lipinski definition) is 2. The second kappa shape index (κ2) is 9.62. The van der Waals surface area contributed by atoms with E-state index < -0.39 is 0 Å². The highest BCUT2D eigenvalue weighted by atomic mass is 16.1. The van der Waals surface area contributed by atoms with Crippen LogP contribution in [0.3, 0.4) is 0 Å². The van der Waals surface area contributed by atoms with E-state index in [-0.39, 0.29) is 11.5 Å². The van der Waals surface area contributed by atoms with E-state index in [9.17, 15) is 4.79 Å². The van der Waals surface area contributed by atoms with Gasteiger partial charge < -0.3 is 10.6 Å². The predicted molar refractivity (Wildman–Crippen MR) is 90.2 cm³/mol. The minimum atomic E-state index is -0.344. The van der Waals surface area contributed by atoms with E-state index in [2.05, 4.69) is 29.7 Å². The first-order valence-electron chi connectivity index (χ1n) is 7.80. The number of nitrogens with zero attached hydrogens (tertiary/aromatic N) is 1. The Morgan fingerprint density at radius 1 is 1.32 bits per heavy atom. The maximum absolute atomic E-state index is 11.8. The van der Waals surface area contributed by atoms with Gasteiger partial charge in [-0.2, -0.15) is 5.26 Å². The van der Waals surface area contributed by atoms with Gasteiger partial charge in [0.05, 0.1) is 0 Å². The number of benzene rings is 1. The minimum absolute atomic E-state index is 0.0794. The fourth-order valence-corrected chi connectivity index (χ4v) is 1.84. The smallest absolute Gasteiger partial charge is 0.263 e. The molecule has 1 aromatic carbocycles. The lowest BCUT2D eigenvalue weighted by Crippen LogP contribution is -2.28. The van der Waals surface area contributed by atoms with Gasteiger partial charge in [-0.15, -0.1) is 0 Å². The van der Waals surface area contributed by atoms with Gasteiger partial charge in [0.25, 0.3) is 5.91 Å². The van der Waals surface area contributed by atoms with Crippen LogP contribution in [0.25, 0.3) is 0 Å². The molecule has 1 rings (SSSR count). The Kier molecular flexibility index (Phi) is 7.77. The van der Waals surface area contributed by atoms with E-state index in [4.69, 9.17) is 5.26 Å². The molecule has 0 aliphatic rings. The third-order valence-corrected chi connectivity index (χ3v) is 3.19. The van der Waals surface area contributed by atoms with Crippen LogP contribution in [-0.2, 0) is 11.2 Å². The molecule has 0 spiro atoms. The van der Waals surface area contributed by atoms with Crippen molar-refractivity contribution in [2.75, 3.05) is 11.9 Å². The third-order valence-electron chi connectivity index (χ3n) is 3.19. The molecule has 4 heteroatoms. The molecule has 0 aliphatic carbocycles. The van der Waals surface area contributed by atoms with Crippen molar-refractivity contribution in [3.63, 3.8) is 0 Å². The van der Waals surface area contributed by atoms with E-state index in [0.29, 0.717) is 12.5 Å². The summed E-state index contributed by atoms with van der Waals surface area (Å²) >= 11 is 0. The number of carbonyl (C=O) groups excluding carboxylic acids is 1. The maximum Gasteiger partial charge on any atom is 0.263 e. The Hall–Kier alpha value is -2.28. The number of anilines is 1. The molecular weight excluding hydrogens is 274 g/mol. The normalized spacial score (nSPS) is 11.1. The number of carbonyl (C=O) groups is 1. The number of amides is 1. The number of aryl methyl sites for hydroxylation is 1. The largest absolute Gasteiger partial charge is 0.360 e. The van der Waals surface area contributed by atoms with Crippen LogP contribution in [0.5, 0.6) is 0 Å².